The highest BCUT2D eigenvalue weighted by Crippen LogP contribution is 2.22. The van der Waals surface area contributed by atoms with Crippen molar-refractivity contribution in [3.8, 4) is 0 Å². The third-order valence-electron chi connectivity index (χ3n) is 4.49. The number of aromatic nitrogens is 2. The maximum atomic E-state index is 11.8. The van der Waals surface area contributed by atoms with Crippen molar-refractivity contribution in [3.63, 3.8) is 0 Å². The van der Waals surface area contributed by atoms with Gasteiger partial charge in [-0.15, -0.1) is 0 Å². The quantitative estimate of drug-likeness (QED) is 0.914. The lowest BCUT2D eigenvalue weighted by Crippen LogP contribution is -2.48. The molecule has 0 saturated carbocycles. The molecule has 1 fully saturated rings. The zero-order valence-electron chi connectivity index (χ0n) is 13.8. The molecule has 3 rings (SSSR count). The molecule has 2 aromatic rings. The molecule has 1 N–H and O–H groups in total. The van der Waals surface area contributed by atoms with Gasteiger partial charge in [-0.2, -0.15) is 0 Å². The van der Waals surface area contributed by atoms with Crippen LogP contribution in [0.2, 0.25) is 0 Å². The predicted molar refractivity (Wildman–Crippen MR) is 90.0 cm³/mol. The van der Waals surface area contributed by atoms with E-state index in [-0.39, 0.29) is 5.56 Å². The molecule has 0 bridgehead atoms. The van der Waals surface area contributed by atoms with Crippen molar-refractivity contribution in [3.05, 3.63) is 46.4 Å². The van der Waals surface area contributed by atoms with Crippen molar-refractivity contribution in [2.45, 2.75) is 26.2 Å². The summed E-state index contributed by atoms with van der Waals surface area (Å²) in [5, 5.41) is 0. The van der Waals surface area contributed by atoms with Crippen molar-refractivity contribution >= 4 is 5.82 Å². The Bertz CT molecular complexity index is 686. The van der Waals surface area contributed by atoms with Gasteiger partial charge in [0.2, 0.25) is 0 Å². The lowest BCUT2D eigenvalue weighted by atomic mass is 10.0. The van der Waals surface area contributed by atoms with Crippen molar-refractivity contribution < 1.29 is 4.42 Å². The van der Waals surface area contributed by atoms with Gasteiger partial charge in [-0.05, 0) is 32.0 Å². The number of nitrogens with zero attached hydrogens (tertiary/aromatic N) is 3. The Labute approximate surface area is 136 Å². The third-order valence-corrected chi connectivity index (χ3v) is 4.49. The molecule has 0 aliphatic carbocycles. The molecular weight excluding hydrogens is 292 g/mol. The number of hydrogen-bond acceptors (Lipinski definition) is 5. The molecule has 0 radical (unpaired) electrons. The van der Waals surface area contributed by atoms with Crippen LogP contribution in [-0.4, -0.2) is 47.6 Å². The Morgan fingerprint density at radius 2 is 2.09 bits per heavy atom. The summed E-state index contributed by atoms with van der Waals surface area (Å²) in [6.07, 6.45) is 4.28. The third kappa shape index (κ3) is 3.82. The number of H-pyrrole nitrogens is 1. The first-order valence-corrected chi connectivity index (χ1v) is 8.21. The average molecular weight is 316 g/mol. The molecule has 0 spiro atoms. The van der Waals surface area contributed by atoms with Crippen molar-refractivity contribution in [1.82, 2.24) is 14.9 Å². The zero-order valence-corrected chi connectivity index (χ0v) is 13.8. The van der Waals surface area contributed by atoms with Crippen LogP contribution in [0.1, 0.15) is 30.8 Å². The standard InChI is InChI=1S/C17H24N4O2/c1-13(15-4-3-14(2)23-15)5-8-20-9-11-21(12-10-20)16-17(22)19-7-6-18-16/h3-4,6-7,13H,5,8-12H2,1-2H3,(H,19,22)/t13-/m1/s1. The fourth-order valence-corrected chi connectivity index (χ4v) is 2.99. The number of furan rings is 1. The Balaban J connectivity index is 1.48. The van der Waals surface area contributed by atoms with Gasteiger partial charge < -0.3 is 14.3 Å². The van der Waals surface area contributed by atoms with E-state index in [9.17, 15) is 4.79 Å². The summed E-state index contributed by atoms with van der Waals surface area (Å²) in [5.74, 6) is 3.01. The van der Waals surface area contributed by atoms with Crippen LogP contribution in [-0.2, 0) is 0 Å². The van der Waals surface area contributed by atoms with Gasteiger partial charge in [0.05, 0.1) is 0 Å². The Hall–Kier alpha value is -2.08. The molecule has 0 aromatic carbocycles. The minimum atomic E-state index is -0.109. The second-order valence-electron chi connectivity index (χ2n) is 6.21. The summed E-state index contributed by atoms with van der Waals surface area (Å²) in [6.45, 7) is 8.84. The summed E-state index contributed by atoms with van der Waals surface area (Å²) in [5.41, 5.74) is -0.109. The highest BCUT2D eigenvalue weighted by Gasteiger charge is 2.20. The van der Waals surface area contributed by atoms with E-state index in [1.54, 1.807) is 12.4 Å². The largest absolute Gasteiger partial charge is 0.466 e. The van der Waals surface area contributed by atoms with E-state index in [4.69, 9.17) is 4.42 Å². The van der Waals surface area contributed by atoms with E-state index in [1.165, 1.54) is 0 Å². The molecule has 6 nitrogen and oxygen atoms in total. The minimum Gasteiger partial charge on any atom is -0.466 e. The zero-order chi connectivity index (χ0) is 16.2. The summed E-state index contributed by atoms with van der Waals surface area (Å²) in [4.78, 5) is 23.2. The monoisotopic (exact) mass is 316 g/mol. The van der Waals surface area contributed by atoms with Crippen LogP contribution in [0.25, 0.3) is 0 Å². The molecule has 3 heterocycles. The van der Waals surface area contributed by atoms with Crippen LogP contribution >= 0.6 is 0 Å². The van der Waals surface area contributed by atoms with Gasteiger partial charge in [0.1, 0.15) is 11.5 Å². The number of hydrogen-bond donors (Lipinski definition) is 1. The first-order chi connectivity index (χ1) is 11.1. The van der Waals surface area contributed by atoms with Crippen LogP contribution in [0.15, 0.2) is 33.7 Å². The van der Waals surface area contributed by atoms with E-state index >= 15 is 0 Å². The van der Waals surface area contributed by atoms with E-state index in [1.807, 2.05) is 13.0 Å². The maximum absolute atomic E-state index is 11.8. The highest BCUT2D eigenvalue weighted by atomic mass is 16.3. The van der Waals surface area contributed by atoms with E-state index in [0.717, 1.165) is 50.7 Å². The first-order valence-electron chi connectivity index (χ1n) is 8.21. The minimum absolute atomic E-state index is 0.109. The van der Waals surface area contributed by atoms with E-state index in [0.29, 0.717) is 11.7 Å². The molecule has 124 valence electrons. The fraction of sp³-hybridized carbons (Fsp3) is 0.529. The normalized spacial score (nSPS) is 17.4. The van der Waals surface area contributed by atoms with Gasteiger partial charge in [-0.1, -0.05) is 6.92 Å². The highest BCUT2D eigenvalue weighted by molar-refractivity contribution is 5.35. The van der Waals surface area contributed by atoms with Gasteiger partial charge in [0, 0.05) is 44.5 Å². The van der Waals surface area contributed by atoms with Gasteiger partial charge in [-0.3, -0.25) is 9.69 Å². The predicted octanol–water partition coefficient (Wildman–Crippen LogP) is 1.99. The smallest absolute Gasteiger partial charge is 0.290 e. The molecule has 0 unspecified atom stereocenters. The van der Waals surface area contributed by atoms with Crippen molar-refractivity contribution in [2.24, 2.45) is 0 Å². The van der Waals surface area contributed by atoms with E-state index in [2.05, 4.69) is 32.8 Å². The molecule has 0 amide bonds. The lowest BCUT2D eigenvalue weighted by molar-refractivity contribution is 0.245. The Morgan fingerprint density at radius 3 is 2.74 bits per heavy atom. The number of anilines is 1. The molecular formula is C17H24N4O2. The molecule has 23 heavy (non-hydrogen) atoms. The second kappa shape index (κ2) is 7.00. The molecule has 1 aliphatic rings. The number of aromatic amines is 1. The fourth-order valence-electron chi connectivity index (χ4n) is 2.99. The molecule has 1 saturated heterocycles. The van der Waals surface area contributed by atoms with Gasteiger partial charge in [0.25, 0.3) is 5.56 Å². The molecule has 1 aliphatic heterocycles. The molecule has 2 aromatic heterocycles. The summed E-state index contributed by atoms with van der Waals surface area (Å²) >= 11 is 0. The average Bonchev–Trinajstić information content (AvgIpc) is 3.00. The molecule has 6 heteroatoms. The molecule has 1 atom stereocenters. The second-order valence-corrected chi connectivity index (χ2v) is 6.21. The SMILES string of the molecule is Cc1ccc([C@H](C)CCN2CCN(c3ncc[nH]c3=O)CC2)o1. The first kappa shape index (κ1) is 15.8. The van der Waals surface area contributed by atoms with Crippen molar-refractivity contribution in [1.29, 1.82) is 0 Å². The maximum Gasteiger partial charge on any atom is 0.290 e. The lowest BCUT2D eigenvalue weighted by Gasteiger charge is -2.35. The number of piperazine rings is 1. The van der Waals surface area contributed by atoms with Crippen LogP contribution in [0.3, 0.4) is 0 Å². The number of nitrogens with one attached hydrogen (secondary N) is 1. The van der Waals surface area contributed by atoms with Crippen LogP contribution in [0.4, 0.5) is 5.82 Å². The topological polar surface area (TPSA) is 65.4 Å². The van der Waals surface area contributed by atoms with Crippen LogP contribution in [0.5, 0.6) is 0 Å². The summed E-state index contributed by atoms with van der Waals surface area (Å²) in [7, 11) is 0. The Kier molecular flexibility index (Phi) is 4.81. The van der Waals surface area contributed by atoms with Crippen molar-refractivity contribution in [2.75, 3.05) is 37.6 Å². The van der Waals surface area contributed by atoms with Crippen LogP contribution < -0.4 is 10.5 Å². The van der Waals surface area contributed by atoms with E-state index < -0.39 is 0 Å². The number of aryl methyl sites for hydroxylation is 1. The van der Waals surface area contributed by atoms with Crippen LogP contribution in [0, 0.1) is 6.92 Å². The summed E-state index contributed by atoms with van der Waals surface area (Å²) in [6, 6.07) is 4.10. The van der Waals surface area contributed by atoms with Gasteiger partial charge in [0.15, 0.2) is 5.82 Å². The van der Waals surface area contributed by atoms with Gasteiger partial charge >= 0.3 is 0 Å². The number of rotatable bonds is 5. The Morgan fingerprint density at radius 1 is 1.30 bits per heavy atom. The summed E-state index contributed by atoms with van der Waals surface area (Å²) < 4.78 is 5.70. The van der Waals surface area contributed by atoms with Gasteiger partial charge in [-0.25, -0.2) is 4.98 Å².